The summed E-state index contributed by atoms with van der Waals surface area (Å²) in [5, 5.41) is -0.321. The smallest absolute Gasteiger partial charge is 0.293 e. The van der Waals surface area contributed by atoms with Gasteiger partial charge in [-0.1, -0.05) is 29.3 Å². The number of ketones is 1. The fourth-order valence-corrected chi connectivity index (χ4v) is 2.66. The number of hydrogen-bond acceptors (Lipinski definition) is 3. The quantitative estimate of drug-likeness (QED) is 0.745. The van der Waals surface area contributed by atoms with Crippen LogP contribution in [0, 0.1) is 0 Å². The molecular formula is C12H6Cl2F3NOS. The van der Waals surface area contributed by atoms with Crippen molar-refractivity contribution in [1.82, 2.24) is 4.98 Å². The lowest BCUT2D eigenvalue weighted by Gasteiger charge is -2.03. The van der Waals surface area contributed by atoms with Crippen LogP contribution in [0.4, 0.5) is 13.2 Å². The highest BCUT2D eigenvalue weighted by atomic mass is 35.5. The molecule has 1 heterocycles. The Hall–Kier alpha value is -1.11. The molecule has 1 aromatic carbocycles. The highest BCUT2D eigenvalue weighted by molar-refractivity contribution is 7.13. The van der Waals surface area contributed by atoms with E-state index in [1.54, 1.807) is 12.1 Å². The van der Waals surface area contributed by atoms with Gasteiger partial charge in [-0.25, -0.2) is 4.98 Å². The monoisotopic (exact) mass is 339 g/mol. The normalized spacial score (nSPS) is 11.7. The zero-order valence-electron chi connectivity index (χ0n) is 9.67. The number of benzene rings is 1. The van der Waals surface area contributed by atoms with E-state index in [-0.39, 0.29) is 11.3 Å². The fraction of sp³-hybridized carbons (Fsp3) is 0.167. The molecule has 0 atom stereocenters. The second-order valence-electron chi connectivity index (χ2n) is 3.86. The van der Waals surface area contributed by atoms with Crippen LogP contribution in [0.2, 0.25) is 10.0 Å². The Labute approximate surface area is 126 Å². The number of halogens is 5. The van der Waals surface area contributed by atoms with Crippen molar-refractivity contribution in [3.05, 3.63) is 49.9 Å². The molecule has 20 heavy (non-hydrogen) atoms. The Morgan fingerprint density at radius 3 is 2.55 bits per heavy atom. The van der Waals surface area contributed by atoms with Crippen LogP contribution in [-0.4, -0.2) is 10.8 Å². The zero-order valence-corrected chi connectivity index (χ0v) is 12.0. The van der Waals surface area contributed by atoms with Crippen LogP contribution in [0.25, 0.3) is 0 Å². The Morgan fingerprint density at radius 2 is 2.00 bits per heavy atom. The molecule has 0 spiro atoms. The lowest BCUT2D eigenvalue weighted by atomic mass is 10.1. The van der Waals surface area contributed by atoms with Crippen LogP contribution in [0.3, 0.4) is 0 Å². The van der Waals surface area contributed by atoms with E-state index in [1.165, 1.54) is 6.07 Å². The van der Waals surface area contributed by atoms with E-state index >= 15 is 0 Å². The molecule has 0 aliphatic carbocycles. The van der Waals surface area contributed by atoms with Crippen LogP contribution in [0.1, 0.15) is 20.2 Å². The van der Waals surface area contributed by atoms with Gasteiger partial charge >= 0.3 is 6.18 Å². The third kappa shape index (κ3) is 3.50. The summed E-state index contributed by atoms with van der Waals surface area (Å²) in [6.45, 7) is 0. The second-order valence-corrected chi connectivity index (χ2v) is 5.74. The van der Waals surface area contributed by atoms with Crippen molar-refractivity contribution in [1.29, 1.82) is 0 Å². The fourth-order valence-electron chi connectivity index (χ4n) is 1.46. The predicted octanol–water partition coefficient (Wildman–Crippen LogP) is 4.89. The Balaban J connectivity index is 2.18. The van der Waals surface area contributed by atoms with E-state index in [4.69, 9.17) is 23.2 Å². The van der Waals surface area contributed by atoms with Gasteiger partial charge in [0, 0.05) is 22.7 Å². The largest absolute Gasteiger partial charge is 0.443 e. The number of aromatic nitrogens is 1. The summed E-state index contributed by atoms with van der Waals surface area (Å²) in [6, 6.07) is 4.59. The molecule has 0 unspecified atom stereocenters. The average molecular weight is 340 g/mol. The van der Waals surface area contributed by atoms with Crippen molar-refractivity contribution in [2.24, 2.45) is 0 Å². The number of alkyl halides is 3. The number of carbonyl (C=O) groups is 1. The molecule has 2 nitrogen and oxygen atoms in total. The molecule has 0 bridgehead atoms. The summed E-state index contributed by atoms with van der Waals surface area (Å²) >= 11 is 12.0. The van der Waals surface area contributed by atoms with Crippen molar-refractivity contribution < 1.29 is 18.0 Å². The lowest BCUT2D eigenvalue weighted by Crippen LogP contribution is -2.03. The third-order valence-electron chi connectivity index (χ3n) is 2.39. The second kappa shape index (κ2) is 5.71. The SMILES string of the molecule is O=C(Cc1ccc(Cl)cc1Cl)c1cnc(C(F)(F)F)s1. The minimum atomic E-state index is -4.54. The molecule has 0 aliphatic rings. The standard InChI is InChI=1S/C12H6Cl2F3NOS/c13-7-2-1-6(8(14)4-7)3-9(19)10-5-18-11(20-10)12(15,16)17/h1-2,4-5H,3H2. The highest BCUT2D eigenvalue weighted by Crippen LogP contribution is 2.33. The van der Waals surface area contributed by atoms with Crippen LogP contribution < -0.4 is 0 Å². The molecule has 1 aromatic heterocycles. The first-order valence-corrected chi connectivity index (χ1v) is 6.85. The molecule has 0 saturated carbocycles. The van der Waals surface area contributed by atoms with E-state index in [0.717, 1.165) is 6.20 Å². The summed E-state index contributed by atoms with van der Waals surface area (Å²) in [7, 11) is 0. The van der Waals surface area contributed by atoms with Crippen molar-refractivity contribution in [2.75, 3.05) is 0 Å². The number of Topliss-reactive ketones (excluding diaryl/α,β-unsaturated/α-hetero) is 1. The van der Waals surface area contributed by atoms with Gasteiger partial charge in [-0.15, -0.1) is 11.3 Å². The molecule has 0 aliphatic heterocycles. The molecular weight excluding hydrogens is 334 g/mol. The first-order chi connectivity index (χ1) is 9.27. The van der Waals surface area contributed by atoms with Crippen molar-refractivity contribution >= 4 is 40.3 Å². The zero-order chi connectivity index (χ0) is 14.9. The van der Waals surface area contributed by atoms with Gasteiger partial charge < -0.3 is 0 Å². The molecule has 0 amide bonds. The molecule has 106 valence electrons. The maximum absolute atomic E-state index is 12.4. The van der Waals surface area contributed by atoms with Crippen molar-refractivity contribution in [3.8, 4) is 0 Å². The average Bonchev–Trinajstić information content (AvgIpc) is 2.82. The van der Waals surface area contributed by atoms with Crippen molar-refractivity contribution in [3.63, 3.8) is 0 Å². The summed E-state index contributed by atoms with van der Waals surface area (Å²) in [5.74, 6) is -0.470. The topological polar surface area (TPSA) is 30.0 Å². The Bertz CT molecular complexity index is 654. The first kappa shape index (κ1) is 15.3. The number of nitrogens with zero attached hydrogens (tertiary/aromatic N) is 1. The van der Waals surface area contributed by atoms with Crippen LogP contribution >= 0.6 is 34.5 Å². The Morgan fingerprint density at radius 1 is 1.30 bits per heavy atom. The van der Waals surface area contributed by atoms with Gasteiger partial charge in [0.25, 0.3) is 0 Å². The van der Waals surface area contributed by atoms with E-state index in [2.05, 4.69) is 4.98 Å². The van der Waals surface area contributed by atoms with Gasteiger partial charge in [0.2, 0.25) is 0 Å². The van der Waals surface area contributed by atoms with Gasteiger partial charge in [-0.05, 0) is 17.7 Å². The highest BCUT2D eigenvalue weighted by Gasteiger charge is 2.35. The first-order valence-electron chi connectivity index (χ1n) is 5.27. The maximum atomic E-state index is 12.4. The molecule has 0 radical (unpaired) electrons. The molecule has 2 rings (SSSR count). The lowest BCUT2D eigenvalue weighted by molar-refractivity contribution is -0.137. The summed E-state index contributed by atoms with van der Waals surface area (Å²) in [5.41, 5.74) is 0.503. The summed E-state index contributed by atoms with van der Waals surface area (Å²) < 4.78 is 37.2. The van der Waals surface area contributed by atoms with E-state index in [1.807, 2.05) is 0 Å². The minimum Gasteiger partial charge on any atom is -0.293 e. The molecule has 0 fully saturated rings. The van der Waals surface area contributed by atoms with Gasteiger partial charge in [-0.3, -0.25) is 4.79 Å². The third-order valence-corrected chi connectivity index (χ3v) is 4.06. The summed E-state index contributed by atoms with van der Waals surface area (Å²) in [6.07, 6.45) is -3.71. The van der Waals surface area contributed by atoms with Gasteiger partial charge in [-0.2, -0.15) is 13.2 Å². The van der Waals surface area contributed by atoms with Gasteiger partial charge in [0.15, 0.2) is 10.8 Å². The van der Waals surface area contributed by atoms with Crippen LogP contribution in [0.5, 0.6) is 0 Å². The van der Waals surface area contributed by atoms with Crippen LogP contribution in [-0.2, 0) is 12.6 Å². The number of rotatable bonds is 3. The number of carbonyl (C=O) groups excluding carboxylic acids is 1. The summed E-state index contributed by atoms with van der Waals surface area (Å²) in [4.78, 5) is 15.1. The molecule has 2 aromatic rings. The van der Waals surface area contributed by atoms with E-state index in [9.17, 15) is 18.0 Å². The maximum Gasteiger partial charge on any atom is 0.443 e. The number of thiazole rings is 1. The minimum absolute atomic E-state index is 0.0525. The number of hydrogen-bond donors (Lipinski definition) is 0. The van der Waals surface area contributed by atoms with Gasteiger partial charge in [0.1, 0.15) is 0 Å². The Kier molecular flexibility index (Phi) is 4.36. The van der Waals surface area contributed by atoms with E-state index in [0.29, 0.717) is 26.9 Å². The van der Waals surface area contributed by atoms with Crippen molar-refractivity contribution in [2.45, 2.75) is 12.6 Å². The van der Waals surface area contributed by atoms with E-state index < -0.39 is 17.0 Å². The predicted molar refractivity (Wildman–Crippen MR) is 71.6 cm³/mol. The molecule has 0 N–H and O–H groups in total. The molecule has 8 heteroatoms. The molecule has 0 saturated heterocycles. The van der Waals surface area contributed by atoms with Gasteiger partial charge in [0.05, 0.1) is 4.88 Å². The van der Waals surface area contributed by atoms with Crippen LogP contribution in [0.15, 0.2) is 24.4 Å².